The summed E-state index contributed by atoms with van der Waals surface area (Å²) in [6, 6.07) is 9.06. The van der Waals surface area contributed by atoms with Crippen molar-refractivity contribution in [3.05, 3.63) is 48.6 Å². The number of hydrogen-bond acceptors (Lipinski definition) is 5. The van der Waals surface area contributed by atoms with E-state index in [0.717, 1.165) is 32.1 Å². The summed E-state index contributed by atoms with van der Waals surface area (Å²) in [6.45, 7) is 3.48. The summed E-state index contributed by atoms with van der Waals surface area (Å²) in [6.07, 6.45) is 5.76. The maximum Gasteiger partial charge on any atom is 0.330 e. The minimum atomic E-state index is -3.72. The van der Waals surface area contributed by atoms with E-state index in [4.69, 9.17) is 8.92 Å². The van der Waals surface area contributed by atoms with Crippen LogP contribution in [-0.2, 0) is 29.6 Å². The molecule has 4 saturated carbocycles. The smallest absolute Gasteiger partial charge is 0.330 e. The van der Waals surface area contributed by atoms with E-state index in [-0.39, 0.29) is 5.75 Å². The van der Waals surface area contributed by atoms with Crippen molar-refractivity contribution >= 4 is 16.1 Å². The van der Waals surface area contributed by atoms with Crippen LogP contribution in [0.1, 0.15) is 44.1 Å². The summed E-state index contributed by atoms with van der Waals surface area (Å²) in [7, 11) is -3.72. The van der Waals surface area contributed by atoms with Crippen molar-refractivity contribution in [3.63, 3.8) is 0 Å². The molecular formula is C20H24O5S. The molecule has 5 rings (SSSR count). The molecule has 0 spiro atoms. The number of carbonyl (C=O) groups excluding carboxylic acids is 1. The van der Waals surface area contributed by atoms with E-state index in [9.17, 15) is 13.2 Å². The second-order valence-corrected chi connectivity index (χ2v) is 9.79. The van der Waals surface area contributed by atoms with Crippen LogP contribution in [0.3, 0.4) is 0 Å². The Bertz CT molecular complexity index is 800. The van der Waals surface area contributed by atoms with Gasteiger partial charge in [0, 0.05) is 12.5 Å². The Balaban J connectivity index is 1.56. The molecule has 0 saturated heterocycles. The first-order valence-corrected chi connectivity index (χ1v) is 10.7. The Labute approximate surface area is 154 Å². The van der Waals surface area contributed by atoms with Crippen LogP contribution in [0.5, 0.6) is 0 Å². The number of rotatable bonds is 6. The number of carbonyl (C=O) groups is 1. The molecule has 1 aromatic carbocycles. The molecule has 6 heteroatoms. The van der Waals surface area contributed by atoms with Gasteiger partial charge in [-0.05, 0) is 49.5 Å². The van der Waals surface area contributed by atoms with Gasteiger partial charge in [-0.15, -0.1) is 0 Å². The fourth-order valence-corrected chi connectivity index (χ4v) is 7.04. The zero-order chi connectivity index (χ0) is 18.4. The number of esters is 1. The molecule has 1 aromatic rings. The second kappa shape index (κ2) is 6.20. The van der Waals surface area contributed by atoms with Crippen molar-refractivity contribution in [2.24, 2.45) is 11.8 Å². The monoisotopic (exact) mass is 376 g/mol. The van der Waals surface area contributed by atoms with Gasteiger partial charge < -0.3 is 4.74 Å². The lowest BCUT2D eigenvalue weighted by molar-refractivity contribution is -0.208. The van der Waals surface area contributed by atoms with Gasteiger partial charge in [-0.1, -0.05) is 36.9 Å². The van der Waals surface area contributed by atoms with E-state index in [1.165, 1.54) is 6.08 Å². The third-order valence-electron chi connectivity index (χ3n) is 5.93. The normalized spacial score (nSPS) is 35.2. The van der Waals surface area contributed by atoms with E-state index in [1.807, 2.05) is 18.2 Å². The third-order valence-corrected chi connectivity index (χ3v) is 7.22. The van der Waals surface area contributed by atoms with Crippen LogP contribution in [0.25, 0.3) is 0 Å². The van der Waals surface area contributed by atoms with Gasteiger partial charge in [0.1, 0.15) is 11.4 Å². The van der Waals surface area contributed by atoms with Crippen molar-refractivity contribution < 1.29 is 22.1 Å². The standard InChI is InChI=1S/C20H24O5S/c1-2-18(21)24-19-9-16-8-17(10-19)12-20(11-16,14-19)25-26(22,23)13-15-6-4-3-5-7-15/h2-7,16-17H,1,8-14H2. The molecular weight excluding hydrogens is 352 g/mol. The molecule has 0 amide bonds. The lowest BCUT2D eigenvalue weighted by Crippen LogP contribution is -2.61. The zero-order valence-corrected chi connectivity index (χ0v) is 15.5. The van der Waals surface area contributed by atoms with Gasteiger partial charge in [-0.3, -0.25) is 4.18 Å². The maximum atomic E-state index is 12.7. The lowest BCUT2D eigenvalue weighted by Gasteiger charge is -2.60. The summed E-state index contributed by atoms with van der Waals surface area (Å²) in [5, 5.41) is 0. The van der Waals surface area contributed by atoms with E-state index in [0.29, 0.717) is 23.8 Å². The second-order valence-electron chi connectivity index (χ2n) is 8.22. The fourth-order valence-electron chi connectivity index (χ4n) is 5.65. The van der Waals surface area contributed by atoms with Gasteiger partial charge in [-0.25, -0.2) is 4.79 Å². The summed E-state index contributed by atoms with van der Waals surface area (Å²) < 4.78 is 37.0. The molecule has 2 unspecified atom stereocenters. The molecule has 5 nitrogen and oxygen atoms in total. The van der Waals surface area contributed by atoms with Crippen molar-refractivity contribution in [2.45, 2.75) is 55.5 Å². The number of benzene rings is 1. The molecule has 4 aliphatic carbocycles. The molecule has 140 valence electrons. The van der Waals surface area contributed by atoms with E-state index in [1.54, 1.807) is 12.1 Å². The van der Waals surface area contributed by atoms with Crippen molar-refractivity contribution in [2.75, 3.05) is 0 Å². The molecule has 26 heavy (non-hydrogen) atoms. The molecule has 4 aliphatic rings. The minimum absolute atomic E-state index is 0.135. The largest absolute Gasteiger partial charge is 0.456 e. The van der Waals surface area contributed by atoms with Crippen molar-refractivity contribution in [3.8, 4) is 0 Å². The maximum absolute atomic E-state index is 12.7. The van der Waals surface area contributed by atoms with Crippen LogP contribution in [0.15, 0.2) is 43.0 Å². The first-order valence-electron chi connectivity index (χ1n) is 9.14. The summed E-state index contributed by atoms with van der Waals surface area (Å²) >= 11 is 0. The lowest BCUT2D eigenvalue weighted by atomic mass is 9.52. The van der Waals surface area contributed by atoms with Gasteiger partial charge in [-0.2, -0.15) is 8.42 Å². The van der Waals surface area contributed by atoms with Gasteiger partial charge >= 0.3 is 5.97 Å². The molecule has 0 heterocycles. The zero-order valence-electron chi connectivity index (χ0n) is 14.7. The predicted octanol–water partition coefficient (Wildman–Crippen LogP) is 3.35. The predicted molar refractivity (Wildman–Crippen MR) is 96.6 cm³/mol. The molecule has 0 N–H and O–H groups in total. The number of ether oxygens (including phenoxy) is 1. The Morgan fingerprint density at radius 2 is 1.73 bits per heavy atom. The molecule has 0 aromatic heterocycles. The number of hydrogen-bond donors (Lipinski definition) is 0. The Morgan fingerprint density at radius 3 is 2.35 bits per heavy atom. The van der Waals surface area contributed by atoms with E-state index in [2.05, 4.69) is 6.58 Å². The van der Waals surface area contributed by atoms with Crippen LogP contribution in [0, 0.1) is 11.8 Å². The summed E-state index contributed by atoms with van der Waals surface area (Å²) in [4.78, 5) is 11.8. The topological polar surface area (TPSA) is 69.7 Å². The van der Waals surface area contributed by atoms with Crippen molar-refractivity contribution in [1.29, 1.82) is 0 Å². The fraction of sp³-hybridized carbons (Fsp3) is 0.550. The summed E-state index contributed by atoms with van der Waals surface area (Å²) in [5.41, 5.74) is -0.624. The summed E-state index contributed by atoms with van der Waals surface area (Å²) in [5.74, 6) is 0.125. The first-order chi connectivity index (χ1) is 12.3. The first kappa shape index (κ1) is 17.7. The van der Waals surface area contributed by atoms with Gasteiger partial charge in [0.25, 0.3) is 10.1 Å². The van der Waals surface area contributed by atoms with Crippen LogP contribution < -0.4 is 0 Å². The van der Waals surface area contributed by atoms with Crippen LogP contribution >= 0.6 is 0 Å². The Hall–Kier alpha value is -1.66. The average Bonchev–Trinajstić information content (AvgIpc) is 2.52. The van der Waals surface area contributed by atoms with E-state index < -0.39 is 27.3 Å². The molecule has 0 radical (unpaired) electrons. The molecule has 4 bridgehead atoms. The van der Waals surface area contributed by atoms with Crippen LogP contribution in [0.2, 0.25) is 0 Å². The highest BCUT2D eigenvalue weighted by Gasteiger charge is 2.61. The molecule has 2 atom stereocenters. The average molecular weight is 376 g/mol. The third kappa shape index (κ3) is 3.45. The SMILES string of the molecule is C=CC(=O)OC12CC3CC(C1)CC(OS(=O)(=O)Cc1ccccc1)(C3)C2. The highest BCUT2D eigenvalue weighted by Crippen LogP contribution is 2.60. The van der Waals surface area contributed by atoms with Crippen LogP contribution in [-0.4, -0.2) is 25.6 Å². The van der Waals surface area contributed by atoms with Gasteiger partial charge in [0.05, 0.1) is 5.60 Å². The quantitative estimate of drug-likeness (QED) is 0.433. The molecule has 0 aliphatic heterocycles. The van der Waals surface area contributed by atoms with Crippen LogP contribution in [0.4, 0.5) is 0 Å². The Kier molecular flexibility index (Phi) is 4.23. The van der Waals surface area contributed by atoms with Crippen molar-refractivity contribution in [1.82, 2.24) is 0 Å². The molecule has 4 fully saturated rings. The Morgan fingerprint density at radius 1 is 1.12 bits per heavy atom. The highest BCUT2D eigenvalue weighted by molar-refractivity contribution is 7.85. The van der Waals surface area contributed by atoms with Gasteiger partial charge in [0.2, 0.25) is 0 Å². The highest BCUT2D eigenvalue weighted by atomic mass is 32.2. The minimum Gasteiger partial charge on any atom is -0.456 e. The van der Waals surface area contributed by atoms with E-state index >= 15 is 0 Å². The van der Waals surface area contributed by atoms with Gasteiger partial charge in [0.15, 0.2) is 0 Å².